The van der Waals surface area contributed by atoms with E-state index >= 15 is 0 Å². The predicted molar refractivity (Wildman–Crippen MR) is 83.2 cm³/mol. The summed E-state index contributed by atoms with van der Waals surface area (Å²) in [6.45, 7) is 3.62. The van der Waals surface area contributed by atoms with Crippen LogP contribution in [0.2, 0.25) is 0 Å². The van der Waals surface area contributed by atoms with E-state index < -0.39 is 10.1 Å². The maximum atomic E-state index is 11.7. The van der Waals surface area contributed by atoms with E-state index in [4.69, 9.17) is 4.55 Å². The first kappa shape index (κ1) is 16.8. The molecule has 0 saturated heterocycles. The first-order valence-electron chi connectivity index (χ1n) is 6.66. The van der Waals surface area contributed by atoms with Crippen molar-refractivity contribution in [2.75, 3.05) is 0 Å². The minimum atomic E-state index is -4.26. The van der Waals surface area contributed by atoms with Crippen LogP contribution in [-0.2, 0) is 16.7 Å². The number of hydrogen-bond acceptors (Lipinski definition) is 6. The number of pyridine rings is 1. The average Bonchev–Trinajstić information content (AvgIpc) is 2.46. The van der Waals surface area contributed by atoms with Gasteiger partial charge in [-0.2, -0.15) is 13.5 Å². The molecule has 2 rings (SSSR count). The normalized spacial score (nSPS) is 12.0. The van der Waals surface area contributed by atoms with Crippen LogP contribution in [-0.4, -0.2) is 22.6 Å². The molecule has 0 aliphatic carbocycles. The average molecular weight is 337 g/mol. The lowest BCUT2D eigenvalue weighted by Crippen LogP contribution is -2.18. The Bertz CT molecular complexity index is 915. The number of benzene rings is 1. The molecule has 2 N–H and O–H groups in total. The van der Waals surface area contributed by atoms with Gasteiger partial charge in [-0.3, -0.25) is 13.9 Å². The van der Waals surface area contributed by atoms with Crippen LogP contribution in [0.5, 0.6) is 5.88 Å². The van der Waals surface area contributed by atoms with Gasteiger partial charge in [-0.05, 0) is 43.7 Å². The lowest BCUT2D eigenvalue weighted by molar-refractivity contribution is 0.412. The van der Waals surface area contributed by atoms with E-state index in [1.165, 1.54) is 30.3 Å². The van der Waals surface area contributed by atoms with Crippen molar-refractivity contribution in [3.63, 3.8) is 0 Å². The molecule has 0 radical (unpaired) electrons. The highest BCUT2D eigenvalue weighted by Gasteiger charge is 2.12. The molecule has 0 bridgehead atoms. The van der Waals surface area contributed by atoms with Crippen molar-refractivity contribution in [3.8, 4) is 5.88 Å². The zero-order valence-corrected chi connectivity index (χ0v) is 13.3. The molecule has 122 valence electrons. The number of hydrogen-bond donors (Lipinski definition) is 2. The van der Waals surface area contributed by atoms with Crippen molar-refractivity contribution in [3.05, 3.63) is 46.2 Å². The van der Waals surface area contributed by atoms with Gasteiger partial charge in [0.25, 0.3) is 15.7 Å². The summed E-state index contributed by atoms with van der Waals surface area (Å²) in [5.74, 6) is -0.282. The Balaban J connectivity index is 2.39. The van der Waals surface area contributed by atoms with Crippen molar-refractivity contribution in [2.24, 2.45) is 10.2 Å². The fourth-order valence-electron chi connectivity index (χ4n) is 1.96. The van der Waals surface area contributed by atoms with Crippen molar-refractivity contribution < 1.29 is 18.1 Å². The van der Waals surface area contributed by atoms with Gasteiger partial charge in [-0.15, -0.1) is 5.11 Å². The lowest BCUT2D eigenvalue weighted by atomic mass is 10.2. The van der Waals surface area contributed by atoms with Crippen LogP contribution in [0.15, 0.2) is 50.3 Å². The third-order valence-corrected chi connectivity index (χ3v) is 4.03. The molecule has 1 aromatic carbocycles. The molecule has 0 atom stereocenters. The van der Waals surface area contributed by atoms with E-state index in [2.05, 4.69) is 10.2 Å². The third kappa shape index (κ3) is 3.63. The summed E-state index contributed by atoms with van der Waals surface area (Å²) in [4.78, 5) is 11.4. The highest BCUT2D eigenvalue weighted by Crippen LogP contribution is 2.30. The van der Waals surface area contributed by atoms with E-state index in [9.17, 15) is 18.3 Å². The Labute approximate surface area is 132 Å². The third-order valence-electron chi connectivity index (χ3n) is 3.16. The van der Waals surface area contributed by atoms with Crippen LogP contribution in [0.4, 0.5) is 11.4 Å². The van der Waals surface area contributed by atoms with Crippen molar-refractivity contribution in [1.29, 1.82) is 0 Å². The van der Waals surface area contributed by atoms with Crippen LogP contribution >= 0.6 is 0 Å². The molecule has 1 heterocycles. The second-order valence-corrected chi connectivity index (χ2v) is 6.17. The van der Waals surface area contributed by atoms with Crippen LogP contribution in [0.25, 0.3) is 0 Å². The van der Waals surface area contributed by atoms with Gasteiger partial charge in [-0.1, -0.05) is 0 Å². The van der Waals surface area contributed by atoms with E-state index in [1.807, 2.05) is 0 Å². The first-order valence-corrected chi connectivity index (χ1v) is 8.10. The van der Waals surface area contributed by atoms with E-state index in [0.29, 0.717) is 11.3 Å². The molecule has 0 amide bonds. The Morgan fingerprint density at radius 2 is 1.78 bits per heavy atom. The lowest BCUT2D eigenvalue weighted by Gasteiger charge is -2.09. The zero-order valence-electron chi connectivity index (χ0n) is 12.5. The Morgan fingerprint density at radius 3 is 2.30 bits per heavy atom. The topological polar surface area (TPSA) is 121 Å². The molecule has 0 spiro atoms. The molecule has 0 aliphatic rings. The van der Waals surface area contributed by atoms with Gasteiger partial charge in [0.15, 0.2) is 0 Å². The number of aryl methyl sites for hydroxylation is 1. The van der Waals surface area contributed by atoms with Crippen LogP contribution < -0.4 is 5.56 Å². The van der Waals surface area contributed by atoms with Gasteiger partial charge in [0.2, 0.25) is 5.88 Å². The number of aromatic nitrogens is 1. The summed E-state index contributed by atoms with van der Waals surface area (Å²) in [6, 6.07) is 6.43. The molecule has 8 nitrogen and oxygen atoms in total. The number of aromatic hydroxyl groups is 1. The van der Waals surface area contributed by atoms with Crippen LogP contribution in [0.1, 0.15) is 12.5 Å². The number of nitrogens with zero attached hydrogens (tertiary/aromatic N) is 3. The fourth-order valence-corrected chi connectivity index (χ4v) is 2.44. The van der Waals surface area contributed by atoms with Crippen molar-refractivity contribution >= 4 is 21.5 Å². The summed E-state index contributed by atoms with van der Waals surface area (Å²) in [6.07, 6.45) is 0. The van der Waals surface area contributed by atoms with Gasteiger partial charge >= 0.3 is 0 Å². The van der Waals surface area contributed by atoms with Gasteiger partial charge in [0, 0.05) is 12.6 Å². The van der Waals surface area contributed by atoms with Crippen LogP contribution in [0.3, 0.4) is 0 Å². The summed E-state index contributed by atoms with van der Waals surface area (Å²) in [5, 5.41) is 17.9. The molecule has 0 fully saturated rings. The minimum Gasteiger partial charge on any atom is -0.493 e. The van der Waals surface area contributed by atoms with Crippen molar-refractivity contribution in [2.45, 2.75) is 25.3 Å². The molecule has 0 aliphatic heterocycles. The number of azo groups is 1. The summed E-state index contributed by atoms with van der Waals surface area (Å²) in [5.41, 5.74) is 0.616. The Morgan fingerprint density at radius 1 is 1.17 bits per heavy atom. The molecule has 1 aromatic heterocycles. The van der Waals surface area contributed by atoms with Crippen molar-refractivity contribution in [1.82, 2.24) is 4.57 Å². The summed E-state index contributed by atoms with van der Waals surface area (Å²) < 4.78 is 32.0. The highest BCUT2D eigenvalue weighted by molar-refractivity contribution is 7.85. The van der Waals surface area contributed by atoms with Gasteiger partial charge < -0.3 is 5.11 Å². The summed E-state index contributed by atoms with van der Waals surface area (Å²) >= 11 is 0. The molecular weight excluding hydrogens is 322 g/mol. The molecular formula is C14H15N3O5S. The van der Waals surface area contributed by atoms with Gasteiger partial charge in [-0.25, -0.2) is 0 Å². The number of rotatable bonds is 4. The minimum absolute atomic E-state index is 0.158. The van der Waals surface area contributed by atoms with E-state index in [1.54, 1.807) is 13.8 Å². The Hall–Kier alpha value is -2.52. The zero-order chi connectivity index (χ0) is 17.2. The second-order valence-electron chi connectivity index (χ2n) is 4.75. The standard InChI is InChI=1S/C14H15N3O5S/c1-3-17-12(18)8-9(2)13(14(17)19)16-15-10-4-6-11(7-5-10)23(20,21)22/h4-8,19H,3H2,1-2H3,(H,20,21,22). The monoisotopic (exact) mass is 337 g/mol. The molecule has 23 heavy (non-hydrogen) atoms. The molecule has 0 unspecified atom stereocenters. The van der Waals surface area contributed by atoms with Crippen LogP contribution in [0, 0.1) is 6.92 Å². The van der Waals surface area contributed by atoms with Gasteiger partial charge in [0.05, 0.1) is 10.6 Å². The highest BCUT2D eigenvalue weighted by atomic mass is 32.2. The largest absolute Gasteiger partial charge is 0.493 e. The first-order chi connectivity index (χ1) is 10.7. The predicted octanol–water partition coefficient (Wildman–Crippen LogP) is 2.54. The fraction of sp³-hybridized carbons (Fsp3) is 0.214. The molecule has 2 aromatic rings. The SMILES string of the molecule is CCn1c(O)c(N=Nc2ccc(S(=O)(=O)O)cc2)c(C)cc1=O. The van der Waals surface area contributed by atoms with E-state index in [-0.39, 0.29) is 28.6 Å². The maximum Gasteiger partial charge on any atom is 0.294 e. The molecule has 0 saturated carbocycles. The maximum absolute atomic E-state index is 11.7. The smallest absolute Gasteiger partial charge is 0.294 e. The second kappa shape index (κ2) is 6.31. The van der Waals surface area contributed by atoms with Gasteiger partial charge in [0.1, 0.15) is 5.69 Å². The molecule has 9 heteroatoms. The summed E-state index contributed by atoms with van der Waals surface area (Å²) in [7, 11) is -4.26. The quantitative estimate of drug-likeness (QED) is 0.656. The Kier molecular flexibility index (Phi) is 4.62. The van der Waals surface area contributed by atoms with E-state index in [0.717, 1.165) is 4.57 Å².